The molecule has 1 aromatic carbocycles. The summed E-state index contributed by atoms with van der Waals surface area (Å²) in [6.07, 6.45) is 0.713. The van der Waals surface area contributed by atoms with E-state index in [4.69, 9.17) is 14.2 Å². The summed E-state index contributed by atoms with van der Waals surface area (Å²) in [5, 5.41) is 2.28. The van der Waals surface area contributed by atoms with Crippen molar-refractivity contribution in [2.45, 2.75) is 11.3 Å². The second-order valence-electron chi connectivity index (χ2n) is 6.33. The number of anilines is 1. The fourth-order valence-corrected chi connectivity index (χ4v) is 4.53. The predicted octanol–water partition coefficient (Wildman–Crippen LogP) is 0.764. The highest BCUT2D eigenvalue weighted by atomic mass is 32.2. The Balaban J connectivity index is 1.41. The van der Waals surface area contributed by atoms with E-state index in [1.807, 2.05) is 4.90 Å². The number of benzene rings is 1. The van der Waals surface area contributed by atoms with E-state index in [9.17, 15) is 13.2 Å². The molecule has 1 aromatic heterocycles. The second kappa shape index (κ2) is 8.53. The first-order chi connectivity index (χ1) is 14.0. The first kappa shape index (κ1) is 19.9. The maximum atomic E-state index is 12.5. The number of carbonyl (C=O) groups excluding carboxylic acids is 1. The average Bonchev–Trinajstić information content (AvgIpc) is 3.12. The SMILES string of the molecule is O=C(NNS(=O)(=O)c1ccc2c(c1)OCCCO2)c1csc(N2CCOCC2)n1. The molecule has 1 amide bonds. The van der Waals surface area contributed by atoms with Gasteiger partial charge in [-0.3, -0.25) is 10.2 Å². The van der Waals surface area contributed by atoms with Crippen LogP contribution in [-0.4, -0.2) is 58.8 Å². The predicted molar refractivity (Wildman–Crippen MR) is 105 cm³/mol. The van der Waals surface area contributed by atoms with Crippen molar-refractivity contribution < 1.29 is 27.4 Å². The number of sulfonamides is 1. The van der Waals surface area contributed by atoms with Gasteiger partial charge in [0, 0.05) is 31.0 Å². The second-order valence-corrected chi connectivity index (χ2v) is 8.85. The summed E-state index contributed by atoms with van der Waals surface area (Å²) in [4.78, 5) is 20.7. The first-order valence-electron chi connectivity index (χ1n) is 9.03. The van der Waals surface area contributed by atoms with Crippen LogP contribution < -0.4 is 24.6 Å². The molecular formula is C17H20N4O6S2. The molecule has 2 N–H and O–H groups in total. The Kier molecular flexibility index (Phi) is 5.85. The van der Waals surface area contributed by atoms with Crippen LogP contribution in [-0.2, 0) is 14.8 Å². The highest BCUT2D eigenvalue weighted by Gasteiger charge is 2.21. The van der Waals surface area contributed by atoms with E-state index in [1.54, 1.807) is 5.38 Å². The molecule has 0 spiro atoms. The normalized spacial score (nSPS) is 16.9. The summed E-state index contributed by atoms with van der Waals surface area (Å²) in [6, 6.07) is 4.29. The lowest BCUT2D eigenvalue weighted by Crippen LogP contribution is -2.41. The van der Waals surface area contributed by atoms with Crippen molar-refractivity contribution >= 4 is 32.4 Å². The number of thiazole rings is 1. The van der Waals surface area contributed by atoms with Gasteiger partial charge in [-0.05, 0) is 12.1 Å². The molecule has 10 nitrogen and oxygen atoms in total. The smallest absolute Gasteiger partial charge is 0.285 e. The summed E-state index contributed by atoms with van der Waals surface area (Å²) in [6.45, 7) is 3.56. The zero-order chi connectivity index (χ0) is 20.3. The van der Waals surface area contributed by atoms with Gasteiger partial charge in [0.05, 0.1) is 31.3 Å². The summed E-state index contributed by atoms with van der Waals surface area (Å²) in [5.74, 6) is 0.202. The number of amides is 1. The third kappa shape index (κ3) is 4.61. The van der Waals surface area contributed by atoms with Crippen molar-refractivity contribution in [1.82, 2.24) is 15.2 Å². The summed E-state index contributed by atoms with van der Waals surface area (Å²) in [5.41, 5.74) is 2.34. The van der Waals surface area contributed by atoms with Crippen LogP contribution >= 0.6 is 11.3 Å². The van der Waals surface area contributed by atoms with Crippen LogP contribution in [0.4, 0.5) is 5.13 Å². The molecular weight excluding hydrogens is 420 g/mol. The minimum Gasteiger partial charge on any atom is -0.490 e. The molecule has 29 heavy (non-hydrogen) atoms. The summed E-state index contributed by atoms with van der Waals surface area (Å²) in [7, 11) is -3.99. The van der Waals surface area contributed by atoms with Crippen LogP contribution in [0.25, 0.3) is 0 Å². The van der Waals surface area contributed by atoms with Gasteiger partial charge in [-0.15, -0.1) is 16.2 Å². The lowest BCUT2D eigenvalue weighted by atomic mass is 10.3. The fraction of sp³-hybridized carbons (Fsp3) is 0.412. The molecule has 0 bridgehead atoms. The first-order valence-corrected chi connectivity index (χ1v) is 11.4. The highest BCUT2D eigenvalue weighted by molar-refractivity contribution is 7.89. The number of hydrogen-bond donors (Lipinski definition) is 2. The number of nitrogens with one attached hydrogen (secondary N) is 2. The number of ether oxygens (including phenoxy) is 3. The average molecular weight is 441 g/mol. The Hall–Kier alpha value is -2.41. The van der Waals surface area contributed by atoms with Gasteiger partial charge >= 0.3 is 0 Å². The highest BCUT2D eigenvalue weighted by Crippen LogP contribution is 2.31. The number of hydrogen-bond acceptors (Lipinski definition) is 9. The fourth-order valence-electron chi connectivity index (χ4n) is 2.82. The molecule has 2 aliphatic rings. The van der Waals surface area contributed by atoms with E-state index in [0.717, 1.165) is 0 Å². The van der Waals surface area contributed by atoms with Gasteiger partial charge in [0.1, 0.15) is 5.69 Å². The number of carbonyl (C=O) groups is 1. The molecule has 3 heterocycles. The minimum atomic E-state index is -3.99. The maximum absolute atomic E-state index is 12.5. The minimum absolute atomic E-state index is 0.0469. The Morgan fingerprint density at radius 2 is 1.86 bits per heavy atom. The topological polar surface area (TPSA) is 119 Å². The monoisotopic (exact) mass is 440 g/mol. The Bertz CT molecular complexity index is 988. The van der Waals surface area contributed by atoms with Gasteiger partial charge < -0.3 is 19.1 Å². The van der Waals surface area contributed by atoms with Crippen LogP contribution in [0, 0.1) is 0 Å². The van der Waals surface area contributed by atoms with Gasteiger partial charge in [0.15, 0.2) is 16.6 Å². The van der Waals surface area contributed by atoms with Gasteiger partial charge in [-0.25, -0.2) is 13.4 Å². The Labute approximate surface area is 171 Å². The number of nitrogens with zero attached hydrogens (tertiary/aromatic N) is 2. The molecule has 1 saturated heterocycles. The van der Waals surface area contributed by atoms with E-state index in [1.165, 1.54) is 29.5 Å². The van der Waals surface area contributed by atoms with Crippen molar-refractivity contribution in [3.05, 3.63) is 29.3 Å². The van der Waals surface area contributed by atoms with Gasteiger partial charge in [0.25, 0.3) is 15.9 Å². The largest absolute Gasteiger partial charge is 0.490 e. The van der Waals surface area contributed by atoms with Crippen molar-refractivity contribution in [3.63, 3.8) is 0 Å². The molecule has 1 fully saturated rings. The van der Waals surface area contributed by atoms with Crippen molar-refractivity contribution in [2.24, 2.45) is 0 Å². The standard InChI is InChI=1S/C17H20N4O6S2/c22-16(13-11-28-17(18-13)21-4-8-25-9-5-21)19-20-29(23,24)12-2-3-14-15(10-12)27-7-1-6-26-14/h2-3,10-11,20H,1,4-9H2,(H,19,22). The number of fused-ring (bicyclic) bond motifs is 1. The Morgan fingerprint density at radius 1 is 1.10 bits per heavy atom. The molecule has 4 rings (SSSR count). The summed E-state index contributed by atoms with van der Waals surface area (Å²) < 4.78 is 41.4. The zero-order valence-electron chi connectivity index (χ0n) is 15.4. The molecule has 0 atom stereocenters. The van der Waals surface area contributed by atoms with Crippen LogP contribution in [0.5, 0.6) is 11.5 Å². The molecule has 0 aliphatic carbocycles. The summed E-state index contributed by atoms with van der Waals surface area (Å²) >= 11 is 1.32. The third-order valence-electron chi connectivity index (χ3n) is 4.33. The maximum Gasteiger partial charge on any atom is 0.285 e. The lowest BCUT2D eigenvalue weighted by Gasteiger charge is -2.25. The van der Waals surface area contributed by atoms with E-state index >= 15 is 0 Å². The van der Waals surface area contributed by atoms with E-state index in [-0.39, 0.29) is 10.6 Å². The lowest BCUT2D eigenvalue weighted by molar-refractivity contribution is 0.0940. The van der Waals surface area contributed by atoms with Crippen molar-refractivity contribution in [3.8, 4) is 11.5 Å². The van der Waals surface area contributed by atoms with Crippen LogP contribution in [0.2, 0.25) is 0 Å². The molecule has 156 valence electrons. The van der Waals surface area contributed by atoms with Crippen LogP contribution in [0.1, 0.15) is 16.9 Å². The number of rotatable bonds is 5. The van der Waals surface area contributed by atoms with E-state index < -0.39 is 15.9 Å². The number of morpholine rings is 1. The molecule has 0 saturated carbocycles. The number of hydrazine groups is 1. The van der Waals surface area contributed by atoms with E-state index in [2.05, 4.69) is 15.2 Å². The number of aromatic nitrogens is 1. The van der Waals surface area contributed by atoms with Gasteiger partial charge in [-0.1, -0.05) is 0 Å². The molecule has 2 aliphatic heterocycles. The zero-order valence-corrected chi connectivity index (χ0v) is 17.1. The quantitative estimate of drug-likeness (QED) is 0.655. The molecule has 0 unspecified atom stereocenters. The Morgan fingerprint density at radius 3 is 2.66 bits per heavy atom. The van der Waals surface area contributed by atoms with Crippen LogP contribution in [0.15, 0.2) is 28.5 Å². The molecule has 2 aromatic rings. The van der Waals surface area contributed by atoms with Crippen molar-refractivity contribution in [2.75, 3.05) is 44.4 Å². The van der Waals surface area contributed by atoms with E-state index in [0.29, 0.717) is 62.6 Å². The third-order valence-corrected chi connectivity index (χ3v) is 6.48. The molecule has 12 heteroatoms. The van der Waals surface area contributed by atoms with Crippen LogP contribution in [0.3, 0.4) is 0 Å². The van der Waals surface area contributed by atoms with Gasteiger partial charge in [-0.2, -0.15) is 0 Å². The molecule has 0 radical (unpaired) electrons. The van der Waals surface area contributed by atoms with Crippen molar-refractivity contribution in [1.29, 1.82) is 0 Å². The van der Waals surface area contributed by atoms with Gasteiger partial charge in [0.2, 0.25) is 0 Å².